The van der Waals surface area contributed by atoms with Gasteiger partial charge in [0.15, 0.2) is 5.82 Å². The fourth-order valence-corrected chi connectivity index (χ4v) is 5.07. The minimum Gasteiger partial charge on any atom is -0.457 e. The summed E-state index contributed by atoms with van der Waals surface area (Å²) >= 11 is 0. The Morgan fingerprint density at radius 2 is 2.02 bits per heavy atom. The quantitative estimate of drug-likeness (QED) is 0.295. The lowest BCUT2D eigenvalue weighted by Crippen LogP contribution is -2.55. The molecule has 1 aliphatic rings. The smallest absolute Gasteiger partial charge is 0.246 e. The van der Waals surface area contributed by atoms with Crippen LogP contribution in [0.3, 0.4) is 0 Å². The molecular weight excluding hydrogens is 520 g/mol. The molecule has 12 nitrogen and oxygen atoms in total. The van der Waals surface area contributed by atoms with E-state index in [1.807, 2.05) is 55.3 Å². The Labute approximate surface area is 236 Å². The van der Waals surface area contributed by atoms with E-state index in [-0.39, 0.29) is 11.9 Å². The van der Waals surface area contributed by atoms with E-state index in [1.165, 1.54) is 12.4 Å². The molecule has 6 rings (SSSR count). The average Bonchev–Trinajstić information content (AvgIpc) is 3.37. The summed E-state index contributed by atoms with van der Waals surface area (Å²) in [4.78, 5) is 34.5. The maximum Gasteiger partial charge on any atom is 0.246 e. The van der Waals surface area contributed by atoms with Crippen LogP contribution < -0.4 is 15.0 Å². The van der Waals surface area contributed by atoms with Crippen molar-refractivity contribution in [2.24, 2.45) is 7.05 Å². The zero-order chi connectivity index (χ0) is 28.5. The number of aryl methyl sites for hydroxylation is 2. The molecule has 3 aromatic heterocycles. The van der Waals surface area contributed by atoms with Gasteiger partial charge in [-0.25, -0.2) is 24.6 Å². The number of fused-ring (bicyclic) bond motifs is 2. The summed E-state index contributed by atoms with van der Waals surface area (Å²) in [6, 6.07) is 11.6. The minimum atomic E-state index is -0.0471. The predicted molar refractivity (Wildman–Crippen MR) is 156 cm³/mol. The Bertz CT molecular complexity index is 1770. The van der Waals surface area contributed by atoms with Crippen molar-refractivity contribution in [3.63, 3.8) is 0 Å². The van der Waals surface area contributed by atoms with E-state index in [0.717, 1.165) is 34.5 Å². The summed E-state index contributed by atoms with van der Waals surface area (Å²) < 4.78 is 7.87. The second kappa shape index (κ2) is 10.8. The molecule has 4 heterocycles. The van der Waals surface area contributed by atoms with Crippen molar-refractivity contribution in [2.75, 3.05) is 29.9 Å². The lowest BCUT2D eigenvalue weighted by molar-refractivity contribution is -0.128. The lowest BCUT2D eigenvalue weighted by atomic mass is 10.1. The number of hydrogen-bond acceptors (Lipinski definition) is 10. The first-order valence-corrected chi connectivity index (χ1v) is 13.4. The SMILES string of the molecule is C=CC(=O)N1CCN(c2ncc3ncnc(Nc4ccc(Oc5ccc6c(c5)nnn6C)c(C)c4)c3n2)C[C@@H]1CC. The number of nitrogens with one attached hydrogen (secondary N) is 1. The fraction of sp³-hybridized carbons (Fsp3) is 0.276. The van der Waals surface area contributed by atoms with Crippen LogP contribution in [-0.4, -0.2) is 71.4 Å². The van der Waals surface area contributed by atoms with Crippen LogP contribution in [0.2, 0.25) is 0 Å². The van der Waals surface area contributed by atoms with Crippen LogP contribution in [-0.2, 0) is 11.8 Å². The highest BCUT2D eigenvalue weighted by atomic mass is 16.5. The number of hydrogen-bond donors (Lipinski definition) is 1. The Morgan fingerprint density at radius 3 is 2.83 bits per heavy atom. The second-order valence-electron chi connectivity index (χ2n) is 9.94. The number of benzene rings is 2. The van der Waals surface area contributed by atoms with Crippen molar-refractivity contribution >= 4 is 45.4 Å². The second-order valence-corrected chi connectivity index (χ2v) is 9.94. The van der Waals surface area contributed by atoms with Gasteiger partial charge in [-0.15, -0.1) is 5.10 Å². The van der Waals surface area contributed by atoms with Gasteiger partial charge in [0.05, 0.1) is 11.7 Å². The Kier molecular flexibility index (Phi) is 6.88. The van der Waals surface area contributed by atoms with Crippen molar-refractivity contribution in [1.82, 2.24) is 39.8 Å². The number of anilines is 3. The first-order chi connectivity index (χ1) is 19.9. The van der Waals surface area contributed by atoms with Crippen LogP contribution in [0.25, 0.3) is 22.1 Å². The maximum absolute atomic E-state index is 12.3. The molecule has 0 saturated carbocycles. The van der Waals surface area contributed by atoms with Crippen LogP contribution in [0.5, 0.6) is 11.5 Å². The molecule has 0 aliphatic carbocycles. The third-order valence-electron chi connectivity index (χ3n) is 7.31. The number of carbonyl (C=O) groups is 1. The minimum absolute atomic E-state index is 0.0471. The Hall–Kier alpha value is -5.13. The number of carbonyl (C=O) groups excluding carboxylic acids is 1. The molecule has 1 amide bonds. The zero-order valence-corrected chi connectivity index (χ0v) is 23.2. The molecular formula is C29H30N10O2. The molecule has 208 valence electrons. The molecule has 0 unspecified atom stereocenters. The number of aromatic nitrogens is 7. The molecule has 12 heteroatoms. The van der Waals surface area contributed by atoms with E-state index in [2.05, 4.69) is 49.0 Å². The first kappa shape index (κ1) is 26.1. The topological polar surface area (TPSA) is 127 Å². The summed E-state index contributed by atoms with van der Waals surface area (Å²) in [5.74, 6) is 2.53. The van der Waals surface area contributed by atoms with Gasteiger partial charge in [0.25, 0.3) is 0 Å². The predicted octanol–water partition coefficient (Wildman–Crippen LogP) is 4.16. The average molecular weight is 551 g/mol. The van der Waals surface area contributed by atoms with E-state index in [0.29, 0.717) is 48.2 Å². The van der Waals surface area contributed by atoms with Crippen LogP contribution in [0.15, 0.2) is 61.6 Å². The van der Waals surface area contributed by atoms with Gasteiger partial charge in [-0.1, -0.05) is 18.7 Å². The summed E-state index contributed by atoms with van der Waals surface area (Å²) in [5, 5.41) is 11.6. The highest BCUT2D eigenvalue weighted by molar-refractivity contribution is 5.88. The molecule has 1 saturated heterocycles. The lowest BCUT2D eigenvalue weighted by Gasteiger charge is -2.40. The van der Waals surface area contributed by atoms with Gasteiger partial charge >= 0.3 is 0 Å². The van der Waals surface area contributed by atoms with Gasteiger partial charge in [-0.2, -0.15) is 0 Å². The first-order valence-electron chi connectivity index (χ1n) is 13.4. The molecule has 5 aromatic rings. The number of piperazine rings is 1. The van der Waals surface area contributed by atoms with Gasteiger partial charge in [-0.05, 0) is 55.3 Å². The van der Waals surface area contributed by atoms with E-state index in [4.69, 9.17) is 9.72 Å². The normalized spacial score (nSPS) is 15.3. The molecule has 41 heavy (non-hydrogen) atoms. The molecule has 1 aliphatic heterocycles. The van der Waals surface area contributed by atoms with Gasteiger partial charge in [-0.3, -0.25) is 4.79 Å². The van der Waals surface area contributed by atoms with Crippen molar-refractivity contribution in [3.8, 4) is 11.5 Å². The Balaban J connectivity index is 1.22. The summed E-state index contributed by atoms with van der Waals surface area (Å²) in [6.45, 7) is 9.55. The van der Waals surface area contributed by atoms with Crippen LogP contribution in [0, 0.1) is 6.92 Å². The molecule has 1 fully saturated rings. The van der Waals surface area contributed by atoms with Crippen LogP contribution >= 0.6 is 0 Å². The van der Waals surface area contributed by atoms with E-state index >= 15 is 0 Å². The van der Waals surface area contributed by atoms with E-state index < -0.39 is 0 Å². The fourth-order valence-electron chi connectivity index (χ4n) is 5.07. The number of rotatable bonds is 7. The van der Waals surface area contributed by atoms with Crippen molar-refractivity contribution < 1.29 is 9.53 Å². The monoisotopic (exact) mass is 550 g/mol. The van der Waals surface area contributed by atoms with Crippen LogP contribution in [0.1, 0.15) is 18.9 Å². The van der Waals surface area contributed by atoms with Gasteiger partial charge in [0.2, 0.25) is 11.9 Å². The molecule has 0 bridgehead atoms. The Morgan fingerprint density at radius 1 is 1.15 bits per heavy atom. The molecule has 0 spiro atoms. The standard InChI is InChI=1S/C29H30N10O2/c1-5-20-16-38(11-12-39(20)26(40)6-2)29-30-15-23-27(34-29)28(32-17-31-23)33-19-7-10-25(18(3)13-19)41-21-8-9-24-22(14-21)35-36-37(24)4/h6-10,13-15,17,20H,2,5,11-12,16H2,1,3-4H3,(H,31,32,33)/t20-/m0/s1. The van der Waals surface area contributed by atoms with Crippen molar-refractivity contribution in [2.45, 2.75) is 26.3 Å². The van der Waals surface area contributed by atoms with Crippen molar-refractivity contribution in [3.05, 3.63) is 67.1 Å². The van der Waals surface area contributed by atoms with Gasteiger partial charge < -0.3 is 19.9 Å². The largest absolute Gasteiger partial charge is 0.457 e. The zero-order valence-electron chi connectivity index (χ0n) is 23.2. The van der Waals surface area contributed by atoms with Crippen LogP contribution in [0.4, 0.5) is 17.5 Å². The van der Waals surface area contributed by atoms with Gasteiger partial charge in [0, 0.05) is 44.5 Å². The van der Waals surface area contributed by atoms with E-state index in [9.17, 15) is 4.79 Å². The molecule has 1 atom stereocenters. The molecule has 1 N–H and O–H groups in total. The van der Waals surface area contributed by atoms with Crippen molar-refractivity contribution in [1.29, 1.82) is 0 Å². The van der Waals surface area contributed by atoms with Gasteiger partial charge in [0.1, 0.15) is 34.4 Å². The highest BCUT2D eigenvalue weighted by Crippen LogP contribution is 2.31. The summed E-state index contributed by atoms with van der Waals surface area (Å²) in [6.07, 6.45) is 5.41. The highest BCUT2D eigenvalue weighted by Gasteiger charge is 2.29. The number of nitrogens with zero attached hydrogens (tertiary/aromatic N) is 9. The third-order valence-corrected chi connectivity index (χ3v) is 7.31. The summed E-state index contributed by atoms with van der Waals surface area (Å²) in [5.41, 5.74) is 4.74. The summed E-state index contributed by atoms with van der Waals surface area (Å²) in [7, 11) is 1.86. The molecule has 0 radical (unpaired) electrons. The maximum atomic E-state index is 12.3. The molecule has 2 aromatic carbocycles. The number of amides is 1. The third kappa shape index (κ3) is 5.11. The number of ether oxygens (including phenoxy) is 1. The van der Waals surface area contributed by atoms with E-state index in [1.54, 1.807) is 10.9 Å².